The summed E-state index contributed by atoms with van der Waals surface area (Å²) in [5.41, 5.74) is 2.62. The first kappa shape index (κ1) is 13.4. The van der Waals surface area contributed by atoms with Crippen molar-refractivity contribution in [2.75, 3.05) is 6.61 Å². The molecule has 2 atom stereocenters. The highest BCUT2D eigenvalue weighted by atomic mass is 79.9. The van der Waals surface area contributed by atoms with Crippen molar-refractivity contribution >= 4 is 15.9 Å². The number of fused-ring (bicyclic) bond motifs is 1. The van der Waals surface area contributed by atoms with E-state index in [9.17, 15) is 0 Å². The second kappa shape index (κ2) is 5.10. The van der Waals surface area contributed by atoms with Gasteiger partial charge in [-0.3, -0.25) is 0 Å². The molecule has 2 nitrogen and oxygen atoms in total. The molecule has 0 bridgehead atoms. The number of ether oxygens (including phenoxy) is 2. The van der Waals surface area contributed by atoms with Crippen molar-refractivity contribution in [3.8, 4) is 5.75 Å². The maximum absolute atomic E-state index is 5.92. The highest BCUT2D eigenvalue weighted by Crippen LogP contribution is 2.39. The van der Waals surface area contributed by atoms with Crippen LogP contribution in [-0.2, 0) is 11.2 Å². The fourth-order valence-corrected chi connectivity index (χ4v) is 3.72. The van der Waals surface area contributed by atoms with E-state index in [4.69, 9.17) is 9.47 Å². The minimum atomic E-state index is -0.0582. The molecule has 0 radical (unpaired) electrons. The number of hydrogen-bond donors (Lipinski definition) is 0. The molecule has 104 valence electrons. The normalized spacial score (nSPS) is 25.9. The van der Waals surface area contributed by atoms with Crippen molar-refractivity contribution in [2.24, 2.45) is 0 Å². The summed E-state index contributed by atoms with van der Waals surface area (Å²) < 4.78 is 11.6. The third-order valence-electron chi connectivity index (χ3n) is 3.94. The van der Waals surface area contributed by atoms with Gasteiger partial charge in [0.2, 0.25) is 0 Å². The molecule has 0 aliphatic carbocycles. The average Bonchev–Trinajstić information content (AvgIpc) is 2.93. The fourth-order valence-electron chi connectivity index (χ4n) is 3.02. The van der Waals surface area contributed by atoms with Crippen LogP contribution < -0.4 is 4.74 Å². The molecule has 2 heterocycles. The Kier molecular flexibility index (Phi) is 3.61. The lowest BCUT2D eigenvalue weighted by Gasteiger charge is -2.16. The zero-order valence-electron chi connectivity index (χ0n) is 11.6. The van der Waals surface area contributed by atoms with Crippen LogP contribution in [0.4, 0.5) is 0 Å². The van der Waals surface area contributed by atoms with E-state index in [1.165, 1.54) is 24.0 Å². The van der Waals surface area contributed by atoms with Crippen molar-refractivity contribution < 1.29 is 9.47 Å². The van der Waals surface area contributed by atoms with Crippen molar-refractivity contribution in [2.45, 2.75) is 56.1 Å². The van der Waals surface area contributed by atoms with Crippen molar-refractivity contribution in [3.05, 3.63) is 29.3 Å². The number of hydrogen-bond acceptors (Lipinski definition) is 2. The van der Waals surface area contributed by atoms with Gasteiger partial charge in [0.05, 0.1) is 6.10 Å². The second-order valence-corrected chi connectivity index (χ2v) is 7.35. The van der Waals surface area contributed by atoms with Crippen LogP contribution in [0.25, 0.3) is 0 Å². The van der Waals surface area contributed by atoms with Gasteiger partial charge < -0.3 is 9.47 Å². The molecule has 1 fully saturated rings. The summed E-state index contributed by atoms with van der Waals surface area (Å²) in [5.74, 6) is 1.05. The molecule has 19 heavy (non-hydrogen) atoms. The van der Waals surface area contributed by atoms with Gasteiger partial charge in [-0.25, -0.2) is 0 Å². The summed E-state index contributed by atoms with van der Waals surface area (Å²) in [4.78, 5) is 0.379. The van der Waals surface area contributed by atoms with Gasteiger partial charge in [0.1, 0.15) is 11.4 Å². The SMILES string of the molecule is CC1(C)Cc2cc(C(Br)CC3CCCO3)ccc2O1. The van der Waals surface area contributed by atoms with E-state index in [1.807, 2.05) is 0 Å². The smallest absolute Gasteiger partial charge is 0.123 e. The molecule has 0 aromatic heterocycles. The summed E-state index contributed by atoms with van der Waals surface area (Å²) >= 11 is 3.81. The van der Waals surface area contributed by atoms with Crippen LogP contribution in [0, 0.1) is 0 Å². The Morgan fingerprint density at radius 1 is 1.42 bits per heavy atom. The third-order valence-corrected chi connectivity index (χ3v) is 4.84. The van der Waals surface area contributed by atoms with Gasteiger partial charge in [0.25, 0.3) is 0 Å². The van der Waals surface area contributed by atoms with Crippen LogP contribution in [0.3, 0.4) is 0 Å². The highest BCUT2D eigenvalue weighted by molar-refractivity contribution is 9.09. The molecular weight excluding hydrogens is 304 g/mol. The third kappa shape index (κ3) is 2.97. The monoisotopic (exact) mass is 324 g/mol. The molecule has 1 aromatic carbocycles. The lowest BCUT2D eigenvalue weighted by atomic mass is 9.98. The van der Waals surface area contributed by atoms with Gasteiger partial charge in [0, 0.05) is 17.9 Å². The molecule has 1 saturated heterocycles. The van der Waals surface area contributed by atoms with Gasteiger partial charge in [-0.05, 0) is 50.3 Å². The van der Waals surface area contributed by atoms with E-state index >= 15 is 0 Å². The average molecular weight is 325 g/mol. The fraction of sp³-hybridized carbons (Fsp3) is 0.625. The van der Waals surface area contributed by atoms with Crippen LogP contribution in [0.2, 0.25) is 0 Å². The Hall–Kier alpha value is -0.540. The van der Waals surface area contributed by atoms with Gasteiger partial charge >= 0.3 is 0 Å². The lowest BCUT2D eigenvalue weighted by Crippen LogP contribution is -2.24. The molecule has 1 aromatic rings. The topological polar surface area (TPSA) is 18.5 Å². The predicted octanol–water partition coefficient (Wildman–Crippen LogP) is 4.41. The molecule has 3 heteroatoms. The minimum absolute atomic E-state index is 0.0582. The Balaban J connectivity index is 1.72. The standard InChI is InChI=1S/C16H21BrO2/c1-16(2)10-12-8-11(5-6-15(12)19-16)14(17)9-13-4-3-7-18-13/h5-6,8,13-14H,3-4,7,9-10H2,1-2H3. The maximum Gasteiger partial charge on any atom is 0.123 e. The van der Waals surface area contributed by atoms with Crippen LogP contribution in [0.15, 0.2) is 18.2 Å². The molecular formula is C16H21BrO2. The van der Waals surface area contributed by atoms with Crippen LogP contribution >= 0.6 is 15.9 Å². The van der Waals surface area contributed by atoms with E-state index in [1.54, 1.807) is 0 Å². The van der Waals surface area contributed by atoms with Crippen molar-refractivity contribution in [1.29, 1.82) is 0 Å². The molecule has 0 amide bonds. The van der Waals surface area contributed by atoms with Crippen molar-refractivity contribution in [3.63, 3.8) is 0 Å². The van der Waals surface area contributed by atoms with E-state index in [0.29, 0.717) is 10.9 Å². The lowest BCUT2D eigenvalue weighted by molar-refractivity contribution is 0.104. The first-order valence-electron chi connectivity index (χ1n) is 7.11. The predicted molar refractivity (Wildman–Crippen MR) is 80.1 cm³/mol. The first-order chi connectivity index (χ1) is 9.03. The zero-order valence-corrected chi connectivity index (χ0v) is 13.2. The van der Waals surface area contributed by atoms with Crippen LogP contribution in [0.5, 0.6) is 5.75 Å². The summed E-state index contributed by atoms with van der Waals surface area (Å²) in [6, 6.07) is 6.58. The Morgan fingerprint density at radius 3 is 3.00 bits per heavy atom. The Bertz CT molecular complexity index is 464. The molecule has 3 rings (SSSR count). The number of alkyl halides is 1. The van der Waals surface area contributed by atoms with Gasteiger partial charge in [-0.2, -0.15) is 0 Å². The molecule has 2 aliphatic rings. The highest BCUT2D eigenvalue weighted by Gasteiger charge is 2.30. The maximum atomic E-state index is 5.92. The zero-order chi connectivity index (χ0) is 13.5. The van der Waals surface area contributed by atoms with Crippen LogP contribution in [-0.4, -0.2) is 18.3 Å². The summed E-state index contributed by atoms with van der Waals surface area (Å²) in [5, 5.41) is 0. The minimum Gasteiger partial charge on any atom is -0.487 e. The van der Waals surface area contributed by atoms with E-state index in [-0.39, 0.29) is 5.60 Å². The van der Waals surface area contributed by atoms with E-state index in [2.05, 4.69) is 48.0 Å². The number of benzene rings is 1. The summed E-state index contributed by atoms with van der Waals surface area (Å²) in [6.45, 7) is 5.21. The van der Waals surface area contributed by atoms with Gasteiger partial charge in [-0.1, -0.05) is 28.1 Å². The number of halogens is 1. The molecule has 0 spiro atoms. The first-order valence-corrected chi connectivity index (χ1v) is 8.03. The quantitative estimate of drug-likeness (QED) is 0.767. The largest absolute Gasteiger partial charge is 0.487 e. The van der Waals surface area contributed by atoms with Gasteiger partial charge in [0.15, 0.2) is 0 Å². The Labute approximate surface area is 123 Å². The van der Waals surface area contributed by atoms with Crippen LogP contribution in [0.1, 0.15) is 49.1 Å². The van der Waals surface area contributed by atoms with Crippen molar-refractivity contribution in [1.82, 2.24) is 0 Å². The summed E-state index contributed by atoms with van der Waals surface area (Å²) in [7, 11) is 0. The molecule has 0 saturated carbocycles. The number of rotatable bonds is 3. The summed E-state index contributed by atoms with van der Waals surface area (Å²) in [6.07, 6.45) is 4.88. The molecule has 2 unspecified atom stereocenters. The second-order valence-electron chi connectivity index (χ2n) is 6.24. The van der Waals surface area contributed by atoms with E-state index < -0.39 is 0 Å². The van der Waals surface area contributed by atoms with Gasteiger partial charge in [-0.15, -0.1) is 0 Å². The molecule has 0 N–H and O–H groups in total. The molecule has 2 aliphatic heterocycles. The Morgan fingerprint density at radius 2 is 2.26 bits per heavy atom. The van der Waals surface area contributed by atoms with E-state index in [0.717, 1.165) is 25.2 Å².